The van der Waals surface area contributed by atoms with E-state index < -0.39 is 11.7 Å². The van der Waals surface area contributed by atoms with Gasteiger partial charge in [0.15, 0.2) is 0 Å². The van der Waals surface area contributed by atoms with Crippen molar-refractivity contribution in [2.24, 2.45) is 10.8 Å². The third-order valence-electron chi connectivity index (χ3n) is 2.53. The fraction of sp³-hybridized carbons (Fsp3) is 0.364. The second-order valence-electron chi connectivity index (χ2n) is 4.17. The molecule has 0 atom stereocenters. The van der Waals surface area contributed by atoms with Crippen molar-refractivity contribution in [3.8, 4) is 0 Å². The highest BCUT2D eigenvalue weighted by atomic mass is 79.9. The molecule has 0 bridgehead atoms. The lowest BCUT2D eigenvalue weighted by atomic mass is 10.2. The van der Waals surface area contributed by atoms with Crippen LogP contribution in [0, 0.1) is 0 Å². The lowest BCUT2D eigenvalue weighted by molar-refractivity contribution is -0.138. The Kier molecular flexibility index (Phi) is 4.00. The number of benzene rings is 1. The maximum absolute atomic E-state index is 12.7. The summed E-state index contributed by atoms with van der Waals surface area (Å²) < 4.78 is 38.2. The molecule has 0 aliphatic heterocycles. The van der Waals surface area contributed by atoms with Crippen LogP contribution in [0.4, 0.5) is 18.9 Å². The Bertz CT molecular complexity index is 497. The summed E-state index contributed by atoms with van der Waals surface area (Å²) in [5.41, 5.74) is 1.86. The normalized spacial score (nSPS) is 16.4. The first-order valence-electron chi connectivity index (χ1n) is 5.58. The Balaban J connectivity index is 2.20. The van der Waals surface area contributed by atoms with Crippen molar-refractivity contribution in [2.45, 2.75) is 25.1 Å². The van der Waals surface area contributed by atoms with Crippen LogP contribution in [-0.4, -0.2) is 12.0 Å². The summed E-state index contributed by atoms with van der Waals surface area (Å²) in [6.45, 7) is 0. The molecule has 0 unspecified atom stereocenters. The highest BCUT2D eigenvalue weighted by Gasteiger charge is 2.33. The standard InChI is InChI=1S/C11H12BrF3N4/c12-9-4-3-7(5-8(9)11(13,14)15)18-10(19-16)17-6-1-2-6/h3-6H,1-2,16H2,(H2,17,18,19). The molecular weight excluding hydrogens is 325 g/mol. The van der Waals surface area contributed by atoms with Gasteiger partial charge < -0.3 is 5.32 Å². The molecule has 1 aliphatic carbocycles. The zero-order valence-corrected chi connectivity index (χ0v) is 11.3. The number of halogens is 4. The monoisotopic (exact) mass is 336 g/mol. The van der Waals surface area contributed by atoms with Crippen LogP contribution in [0.15, 0.2) is 27.7 Å². The lowest BCUT2D eigenvalue weighted by Crippen LogP contribution is -2.36. The minimum Gasteiger partial charge on any atom is -0.325 e. The Morgan fingerprint density at radius 1 is 1.37 bits per heavy atom. The molecule has 4 nitrogen and oxygen atoms in total. The summed E-state index contributed by atoms with van der Waals surface area (Å²) in [4.78, 5) is 4.19. The van der Waals surface area contributed by atoms with Crippen molar-refractivity contribution in [3.63, 3.8) is 0 Å². The number of nitrogens with two attached hydrogens (primary N) is 1. The van der Waals surface area contributed by atoms with E-state index in [0.717, 1.165) is 18.9 Å². The number of anilines is 1. The summed E-state index contributed by atoms with van der Waals surface area (Å²) in [6, 6.07) is 4.05. The molecule has 0 heterocycles. The SMILES string of the molecule is NNC(=NC1CC1)Nc1ccc(Br)c(C(F)(F)F)c1. The van der Waals surface area contributed by atoms with Gasteiger partial charge in [0.05, 0.1) is 11.6 Å². The number of guanidine groups is 1. The Hall–Kier alpha value is -1.28. The molecule has 1 aliphatic rings. The van der Waals surface area contributed by atoms with Crippen LogP contribution >= 0.6 is 15.9 Å². The largest absolute Gasteiger partial charge is 0.417 e. The Labute approximate surface area is 116 Å². The van der Waals surface area contributed by atoms with Gasteiger partial charge in [0.25, 0.3) is 0 Å². The fourth-order valence-electron chi connectivity index (χ4n) is 1.45. The second-order valence-corrected chi connectivity index (χ2v) is 5.02. The first-order chi connectivity index (χ1) is 8.90. The fourth-order valence-corrected chi connectivity index (χ4v) is 1.92. The first-order valence-corrected chi connectivity index (χ1v) is 6.37. The predicted molar refractivity (Wildman–Crippen MR) is 70.5 cm³/mol. The second kappa shape index (κ2) is 5.38. The van der Waals surface area contributed by atoms with Gasteiger partial charge in [-0.2, -0.15) is 13.2 Å². The van der Waals surface area contributed by atoms with E-state index in [2.05, 4.69) is 31.7 Å². The van der Waals surface area contributed by atoms with Crippen molar-refractivity contribution in [1.82, 2.24) is 5.43 Å². The molecule has 0 saturated heterocycles. The zero-order chi connectivity index (χ0) is 14.0. The third-order valence-corrected chi connectivity index (χ3v) is 3.22. The minimum absolute atomic E-state index is 0.00746. The van der Waals surface area contributed by atoms with E-state index in [-0.39, 0.29) is 22.2 Å². The summed E-state index contributed by atoms with van der Waals surface area (Å²) in [6.07, 6.45) is -2.47. The molecule has 1 fully saturated rings. The molecule has 104 valence electrons. The van der Waals surface area contributed by atoms with Crippen LogP contribution in [0.25, 0.3) is 0 Å². The Morgan fingerprint density at radius 2 is 2.05 bits per heavy atom. The van der Waals surface area contributed by atoms with Gasteiger partial charge >= 0.3 is 6.18 Å². The van der Waals surface area contributed by atoms with E-state index in [1.165, 1.54) is 12.1 Å². The van der Waals surface area contributed by atoms with Crippen LogP contribution in [0.2, 0.25) is 0 Å². The molecule has 1 saturated carbocycles. The smallest absolute Gasteiger partial charge is 0.325 e. The molecule has 0 aromatic heterocycles. The van der Waals surface area contributed by atoms with Crippen LogP contribution in [0.1, 0.15) is 18.4 Å². The van der Waals surface area contributed by atoms with Crippen LogP contribution < -0.4 is 16.6 Å². The van der Waals surface area contributed by atoms with Gasteiger partial charge in [-0.3, -0.25) is 5.43 Å². The van der Waals surface area contributed by atoms with Crippen molar-refractivity contribution in [1.29, 1.82) is 0 Å². The summed E-state index contributed by atoms with van der Waals surface area (Å²) in [5.74, 6) is 5.54. The van der Waals surface area contributed by atoms with Gasteiger partial charge in [0.2, 0.25) is 5.96 Å². The highest BCUT2D eigenvalue weighted by molar-refractivity contribution is 9.10. The maximum atomic E-state index is 12.7. The number of hydrogen-bond acceptors (Lipinski definition) is 2. The van der Waals surface area contributed by atoms with Crippen LogP contribution in [-0.2, 0) is 6.18 Å². The molecule has 0 radical (unpaired) electrons. The summed E-state index contributed by atoms with van der Waals surface area (Å²) in [7, 11) is 0. The number of rotatable bonds is 2. The summed E-state index contributed by atoms with van der Waals surface area (Å²) in [5, 5.41) is 2.73. The highest BCUT2D eigenvalue weighted by Crippen LogP contribution is 2.36. The number of hydrazine groups is 1. The van der Waals surface area contributed by atoms with Crippen molar-refractivity contribution >= 4 is 27.6 Å². The molecule has 0 amide bonds. The average molecular weight is 337 g/mol. The maximum Gasteiger partial charge on any atom is 0.417 e. The van der Waals surface area contributed by atoms with Crippen LogP contribution in [0.3, 0.4) is 0 Å². The molecule has 2 rings (SSSR count). The van der Waals surface area contributed by atoms with Crippen LogP contribution in [0.5, 0.6) is 0 Å². The quantitative estimate of drug-likeness (QED) is 0.337. The predicted octanol–water partition coefficient (Wildman–Crippen LogP) is 2.86. The molecule has 4 N–H and O–H groups in total. The third kappa shape index (κ3) is 3.84. The van der Waals surface area contributed by atoms with E-state index >= 15 is 0 Å². The van der Waals surface area contributed by atoms with E-state index in [1.54, 1.807) is 0 Å². The van der Waals surface area contributed by atoms with E-state index in [4.69, 9.17) is 5.84 Å². The van der Waals surface area contributed by atoms with Crippen molar-refractivity contribution in [2.75, 3.05) is 5.32 Å². The first kappa shape index (κ1) is 14.1. The summed E-state index contributed by atoms with van der Waals surface area (Å²) >= 11 is 2.88. The zero-order valence-electron chi connectivity index (χ0n) is 9.76. The topological polar surface area (TPSA) is 62.4 Å². The lowest BCUT2D eigenvalue weighted by Gasteiger charge is -2.13. The van der Waals surface area contributed by atoms with Gasteiger partial charge in [0.1, 0.15) is 0 Å². The van der Waals surface area contributed by atoms with E-state index in [1.807, 2.05) is 0 Å². The van der Waals surface area contributed by atoms with Crippen molar-refractivity contribution in [3.05, 3.63) is 28.2 Å². The van der Waals surface area contributed by atoms with Gasteiger partial charge in [-0.25, -0.2) is 10.8 Å². The van der Waals surface area contributed by atoms with E-state index in [0.29, 0.717) is 0 Å². The molecule has 0 spiro atoms. The van der Waals surface area contributed by atoms with Gasteiger partial charge in [-0.1, -0.05) is 15.9 Å². The van der Waals surface area contributed by atoms with Gasteiger partial charge in [0, 0.05) is 10.2 Å². The molecule has 8 heteroatoms. The minimum atomic E-state index is -4.42. The average Bonchev–Trinajstić information content (AvgIpc) is 3.13. The number of nitrogens with one attached hydrogen (secondary N) is 2. The van der Waals surface area contributed by atoms with E-state index in [9.17, 15) is 13.2 Å². The number of nitrogens with zero attached hydrogens (tertiary/aromatic N) is 1. The van der Waals surface area contributed by atoms with Gasteiger partial charge in [-0.15, -0.1) is 0 Å². The number of alkyl halides is 3. The molecule has 1 aromatic rings. The van der Waals surface area contributed by atoms with Crippen molar-refractivity contribution < 1.29 is 13.2 Å². The molecule has 19 heavy (non-hydrogen) atoms. The number of hydrogen-bond donors (Lipinski definition) is 3. The molecule has 1 aromatic carbocycles. The number of aliphatic imine (C=N–C) groups is 1. The Morgan fingerprint density at radius 3 is 2.58 bits per heavy atom. The van der Waals surface area contributed by atoms with Gasteiger partial charge in [-0.05, 0) is 31.0 Å². The molecular formula is C11H12BrF3N4.